The molecule has 0 bridgehead atoms. The van der Waals surface area contributed by atoms with Gasteiger partial charge in [0.1, 0.15) is 5.75 Å². The van der Waals surface area contributed by atoms with Crippen molar-refractivity contribution < 1.29 is 9.84 Å². The fourth-order valence-corrected chi connectivity index (χ4v) is 4.01. The van der Waals surface area contributed by atoms with Gasteiger partial charge in [0.2, 0.25) is 0 Å². The number of fused-ring (bicyclic) bond motifs is 1. The average Bonchev–Trinajstić information content (AvgIpc) is 2.80. The van der Waals surface area contributed by atoms with Crippen molar-refractivity contribution in [2.45, 2.75) is 32.3 Å². The van der Waals surface area contributed by atoms with Crippen LogP contribution in [-0.4, -0.2) is 12.2 Å². The fourth-order valence-electron chi connectivity index (χ4n) is 4.01. The van der Waals surface area contributed by atoms with Gasteiger partial charge in [0.25, 0.3) is 0 Å². The highest BCUT2D eigenvalue weighted by Crippen LogP contribution is 2.48. The van der Waals surface area contributed by atoms with Gasteiger partial charge in [-0.1, -0.05) is 73.9 Å². The Balaban J connectivity index is 1.76. The maximum Gasteiger partial charge on any atom is 0.156 e. The van der Waals surface area contributed by atoms with Crippen LogP contribution in [0.2, 0.25) is 0 Å². The topological polar surface area (TPSA) is 29.5 Å². The average molecular weight is 407 g/mol. The Kier molecular flexibility index (Phi) is 5.60. The van der Waals surface area contributed by atoms with Gasteiger partial charge in [0, 0.05) is 22.1 Å². The van der Waals surface area contributed by atoms with Crippen LogP contribution in [0.25, 0.3) is 0 Å². The Morgan fingerprint density at radius 3 is 2.23 bits per heavy atom. The summed E-state index contributed by atoms with van der Waals surface area (Å²) in [6.07, 6.45) is 1.73. The minimum atomic E-state index is -1.26. The Hall–Kier alpha value is -3.46. The van der Waals surface area contributed by atoms with E-state index in [9.17, 15) is 5.11 Å². The summed E-state index contributed by atoms with van der Waals surface area (Å²) in [4.78, 5) is 0. The molecule has 0 spiro atoms. The number of methoxy groups -OCH3 is 1. The summed E-state index contributed by atoms with van der Waals surface area (Å²) < 4.78 is 5.38. The first-order chi connectivity index (χ1) is 14.9. The first-order valence-corrected chi connectivity index (χ1v) is 10.5. The van der Waals surface area contributed by atoms with E-state index in [1.807, 2.05) is 72.8 Å². The number of rotatable bonds is 1. The lowest BCUT2D eigenvalue weighted by atomic mass is 9.63. The highest BCUT2D eigenvalue weighted by Gasteiger charge is 2.47. The van der Waals surface area contributed by atoms with Crippen LogP contribution in [0.4, 0.5) is 0 Å². The van der Waals surface area contributed by atoms with Gasteiger partial charge in [0.15, 0.2) is 5.60 Å². The predicted octanol–water partition coefficient (Wildman–Crippen LogP) is 5.31. The molecule has 2 heteroatoms. The van der Waals surface area contributed by atoms with Crippen molar-refractivity contribution in [3.63, 3.8) is 0 Å². The minimum Gasteiger partial charge on any atom is -0.497 e. The zero-order valence-corrected chi connectivity index (χ0v) is 18.2. The minimum absolute atomic E-state index is 0.383. The second kappa shape index (κ2) is 8.35. The van der Waals surface area contributed by atoms with Crippen molar-refractivity contribution in [3.8, 4) is 29.4 Å². The molecule has 0 heterocycles. The predicted molar refractivity (Wildman–Crippen MR) is 125 cm³/mol. The van der Waals surface area contributed by atoms with E-state index < -0.39 is 5.60 Å². The summed E-state index contributed by atoms with van der Waals surface area (Å²) in [6.45, 7) is 4.16. The first kappa shape index (κ1) is 20.8. The second-order valence-corrected chi connectivity index (χ2v) is 8.53. The molecular weight excluding hydrogens is 380 g/mol. The van der Waals surface area contributed by atoms with E-state index >= 15 is 0 Å². The smallest absolute Gasteiger partial charge is 0.156 e. The van der Waals surface area contributed by atoms with Gasteiger partial charge in [-0.25, -0.2) is 0 Å². The maximum absolute atomic E-state index is 11.8. The molecule has 3 aromatic carbocycles. The van der Waals surface area contributed by atoms with E-state index in [1.165, 1.54) is 0 Å². The highest BCUT2D eigenvalue weighted by atomic mass is 16.5. The number of benzene rings is 3. The van der Waals surface area contributed by atoms with Crippen LogP contribution in [-0.2, 0) is 12.0 Å². The molecule has 0 saturated carbocycles. The summed E-state index contributed by atoms with van der Waals surface area (Å²) in [5.74, 6) is 13.7. The standard InChI is InChI=1S/C29H26O2/c1-28(2)19-17-25-21-26(31-3)15-16-27(25)29(28,30)20-18-24-12-8-7-11-23(24)14-13-22-9-5-4-6-10-22/h4-12,15-16,21,30H,17,19H2,1-3H3. The van der Waals surface area contributed by atoms with E-state index in [1.54, 1.807) is 7.11 Å². The second-order valence-electron chi connectivity index (χ2n) is 8.53. The molecule has 2 nitrogen and oxygen atoms in total. The lowest BCUT2D eigenvalue weighted by molar-refractivity contribution is -0.0337. The maximum atomic E-state index is 11.8. The van der Waals surface area contributed by atoms with Crippen molar-refractivity contribution in [1.82, 2.24) is 0 Å². The van der Waals surface area contributed by atoms with Crippen molar-refractivity contribution in [2.75, 3.05) is 7.11 Å². The molecule has 0 amide bonds. The van der Waals surface area contributed by atoms with Crippen LogP contribution in [0.1, 0.15) is 48.1 Å². The first-order valence-electron chi connectivity index (χ1n) is 10.5. The van der Waals surface area contributed by atoms with Crippen LogP contribution < -0.4 is 4.74 Å². The number of aliphatic hydroxyl groups is 1. The number of aryl methyl sites for hydroxylation is 1. The van der Waals surface area contributed by atoms with Gasteiger partial charge in [-0.15, -0.1) is 0 Å². The van der Waals surface area contributed by atoms with Crippen LogP contribution in [0, 0.1) is 29.1 Å². The molecule has 1 atom stereocenters. The van der Waals surface area contributed by atoms with E-state index in [4.69, 9.17) is 4.74 Å². The molecule has 154 valence electrons. The normalized spacial score (nSPS) is 18.6. The highest BCUT2D eigenvalue weighted by molar-refractivity contribution is 5.55. The summed E-state index contributed by atoms with van der Waals surface area (Å²) >= 11 is 0. The largest absolute Gasteiger partial charge is 0.497 e. The molecule has 4 rings (SSSR count). The van der Waals surface area contributed by atoms with Gasteiger partial charge in [-0.3, -0.25) is 0 Å². The molecule has 0 aromatic heterocycles. The fraction of sp³-hybridized carbons (Fsp3) is 0.241. The summed E-state index contributed by atoms with van der Waals surface area (Å²) in [5.41, 5.74) is 2.94. The lowest BCUT2D eigenvalue weighted by Crippen LogP contribution is -2.44. The Morgan fingerprint density at radius 2 is 1.52 bits per heavy atom. The lowest BCUT2D eigenvalue weighted by Gasteiger charge is -2.44. The van der Waals surface area contributed by atoms with Gasteiger partial charge in [-0.05, 0) is 60.4 Å². The molecule has 1 N–H and O–H groups in total. The molecular formula is C29H26O2. The molecule has 31 heavy (non-hydrogen) atoms. The Labute approximate surface area is 184 Å². The van der Waals surface area contributed by atoms with Gasteiger partial charge in [-0.2, -0.15) is 0 Å². The van der Waals surface area contributed by atoms with Crippen molar-refractivity contribution in [2.24, 2.45) is 5.41 Å². The molecule has 0 radical (unpaired) electrons. The van der Waals surface area contributed by atoms with E-state index in [0.29, 0.717) is 0 Å². The van der Waals surface area contributed by atoms with Crippen molar-refractivity contribution in [3.05, 3.63) is 101 Å². The third-order valence-electron chi connectivity index (χ3n) is 6.12. The van der Waals surface area contributed by atoms with E-state index in [-0.39, 0.29) is 5.41 Å². The van der Waals surface area contributed by atoms with E-state index in [0.717, 1.165) is 46.4 Å². The third kappa shape index (κ3) is 4.09. The van der Waals surface area contributed by atoms with Crippen LogP contribution in [0.3, 0.4) is 0 Å². The number of hydrogen-bond acceptors (Lipinski definition) is 2. The summed E-state index contributed by atoms with van der Waals surface area (Å²) in [5, 5.41) is 11.8. The number of ether oxygens (including phenoxy) is 1. The number of hydrogen-bond donors (Lipinski definition) is 1. The Bertz CT molecular complexity index is 1220. The van der Waals surface area contributed by atoms with Gasteiger partial charge >= 0.3 is 0 Å². The summed E-state index contributed by atoms with van der Waals surface area (Å²) in [6, 6.07) is 23.6. The monoisotopic (exact) mass is 406 g/mol. The molecule has 0 saturated heterocycles. The molecule has 1 aliphatic rings. The molecule has 0 fully saturated rings. The van der Waals surface area contributed by atoms with Gasteiger partial charge < -0.3 is 9.84 Å². The zero-order valence-electron chi connectivity index (χ0n) is 18.2. The molecule has 1 unspecified atom stereocenters. The summed E-state index contributed by atoms with van der Waals surface area (Å²) in [7, 11) is 1.66. The quantitative estimate of drug-likeness (QED) is 0.555. The van der Waals surface area contributed by atoms with Gasteiger partial charge in [0.05, 0.1) is 7.11 Å². The van der Waals surface area contributed by atoms with Crippen LogP contribution in [0.15, 0.2) is 72.8 Å². The van der Waals surface area contributed by atoms with Crippen molar-refractivity contribution in [1.29, 1.82) is 0 Å². The molecule has 0 aliphatic heterocycles. The van der Waals surface area contributed by atoms with Crippen LogP contribution in [0.5, 0.6) is 5.75 Å². The molecule has 3 aromatic rings. The third-order valence-corrected chi connectivity index (χ3v) is 6.12. The Morgan fingerprint density at radius 1 is 0.839 bits per heavy atom. The SMILES string of the molecule is COc1ccc2c(c1)CCC(C)(C)C2(O)C#Cc1ccccc1C#Cc1ccccc1. The van der Waals surface area contributed by atoms with Crippen LogP contribution >= 0.6 is 0 Å². The molecule has 1 aliphatic carbocycles. The van der Waals surface area contributed by atoms with E-state index in [2.05, 4.69) is 37.5 Å². The zero-order chi connectivity index (χ0) is 21.9. The van der Waals surface area contributed by atoms with Crippen molar-refractivity contribution >= 4 is 0 Å².